The topological polar surface area (TPSA) is 42.2 Å². The van der Waals surface area contributed by atoms with Crippen LogP contribution in [0.15, 0.2) is 40.1 Å². The zero-order valence-corrected chi connectivity index (χ0v) is 12.5. The van der Waals surface area contributed by atoms with Crippen LogP contribution in [0.5, 0.6) is 0 Å². The lowest BCUT2D eigenvalue weighted by molar-refractivity contribution is 0.0913. The van der Waals surface area contributed by atoms with Gasteiger partial charge in [0.05, 0.1) is 6.04 Å². The molecule has 0 aliphatic heterocycles. The van der Waals surface area contributed by atoms with Gasteiger partial charge in [0, 0.05) is 15.8 Å². The molecule has 2 aromatic heterocycles. The number of carbonyl (C=O) groups excluding carboxylic acids is 1. The van der Waals surface area contributed by atoms with E-state index in [-0.39, 0.29) is 23.3 Å². The Balaban J connectivity index is 1.91. The van der Waals surface area contributed by atoms with Gasteiger partial charge >= 0.3 is 0 Å². The van der Waals surface area contributed by atoms with Gasteiger partial charge in [0.15, 0.2) is 17.2 Å². The minimum atomic E-state index is -0.457. The van der Waals surface area contributed by atoms with Crippen molar-refractivity contribution in [2.45, 2.75) is 19.9 Å². The molecule has 0 radical (unpaired) electrons. The summed E-state index contributed by atoms with van der Waals surface area (Å²) in [7, 11) is 0. The van der Waals surface area contributed by atoms with Crippen LogP contribution in [0, 0.1) is 12.7 Å². The molecule has 0 aliphatic carbocycles. The third-order valence-corrected chi connectivity index (χ3v) is 4.49. The molecule has 0 bridgehead atoms. The second-order valence-corrected chi connectivity index (χ2v) is 5.86. The molecular weight excluding hydrogens is 289 g/mol. The van der Waals surface area contributed by atoms with Crippen LogP contribution >= 0.6 is 11.3 Å². The number of thiophene rings is 1. The highest BCUT2D eigenvalue weighted by molar-refractivity contribution is 7.10. The molecule has 0 saturated heterocycles. The van der Waals surface area contributed by atoms with E-state index in [1.54, 1.807) is 30.4 Å². The average Bonchev–Trinajstić information content (AvgIpc) is 3.08. The van der Waals surface area contributed by atoms with Crippen molar-refractivity contribution >= 4 is 28.2 Å². The van der Waals surface area contributed by atoms with E-state index in [4.69, 9.17) is 4.42 Å². The van der Waals surface area contributed by atoms with Gasteiger partial charge in [-0.15, -0.1) is 11.3 Å². The summed E-state index contributed by atoms with van der Waals surface area (Å²) in [6.45, 7) is 3.66. The maximum absolute atomic E-state index is 13.7. The van der Waals surface area contributed by atoms with Crippen LogP contribution in [0.2, 0.25) is 0 Å². The maximum atomic E-state index is 13.7. The predicted molar refractivity (Wildman–Crippen MR) is 81.1 cm³/mol. The van der Waals surface area contributed by atoms with Gasteiger partial charge in [-0.3, -0.25) is 4.79 Å². The second-order valence-electron chi connectivity index (χ2n) is 4.88. The fraction of sp³-hybridized carbons (Fsp3) is 0.188. The van der Waals surface area contributed by atoms with Crippen LogP contribution in [0.25, 0.3) is 11.0 Å². The normalized spacial score (nSPS) is 12.5. The first-order valence-electron chi connectivity index (χ1n) is 6.60. The molecule has 21 heavy (non-hydrogen) atoms. The number of rotatable bonds is 3. The summed E-state index contributed by atoms with van der Waals surface area (Å²) in [6, 6.07) is 8.45. The van der Waals surface area contributed by atoms with Gasteiger partial charge in [-0.05, 0) is 31.4 Å². The summed E-state index contributed by atoms with van der Waals surface area (Å²) < 4.78 is 19.1. The molecule has 0 aliphatic rings. The lowest BCUT2D eigenvalue weighted by atomic mass is 10.1. The number of aryl methyl sites for hydroxylation is 1. The molecule has 0 unspecified atom stereocenters. The predicted octanol–water partition coefficient (Wildman–Crippen LogP) is 4.43. The SMILES string of the molecule is Cc1c(C(=O)N[C@H](C)c2cccs2)oc2c(F)cccc12. The number of amides is 1. The van der Waals surface area contributed by atoms with Gasteiger partial charge in [-0.25, -0.2) is 4.39 Å². The summed E-state index contributed by atoms with van der Waals surface area (Å²) in [5.41, 5.74) is 0.782. The van der Waals surface area contributed by atoms with Crippen molar-refractivity contribution in [3.63, 3.8) is 0 Å². The molecule has 3 rings (SSSR count). The van der Waals surface area contributed by atoms with Crippen molar-refractivity contribution in [1.82, 2.24) is 5.32 Å². The number of furan rings is 1. The Morgan fingerprint density at radius 2 is 2.14 bits per heavy atom. The Hall–Kier alpha value is -2.14. The largest absolute Gasteiger partial charge is 0.448 e. The highest BCUT2D eigenvalue weighted by Crippen LogP contribution is 2.28. The van der Waals surface area contributed by atoms with Gasteiger partial charge in [0.25, 0.3) is 5.91 Å². The molecule has 0 fully saturated rings. The summed E-state index contributed by atoms with van der Waals surface area (Å²) in [5, 5.41) is 5.46. The second kappa shape index (κ2) is 5.33. The lowest BCUT2D eigenvalue weighted by Gasteiger charge is -2.11. The van der Waals surface area contributed by atoms with Crippen LogP contribution in [0.4, 0.5) is 4.39 Å². The van der Waals surface area contributed by atoms with E-state index in [0.29, 0.717) is 10.9 Å². The van der Waals surface area contributed by atoms with Crippen molar-refractivity contribution in [3.8, 4) is 0 Å². The fourth-order valence-corrected chi connectivity index (χ4v) is 3.03. The molecule has 2 heterocycles. The molecule has 5 heteroatoms. The zero-order chi connectivity index (χ0) is 15.0. The molecule has 1 aromatic carbocycles. The number of benzene rings is 1. The Bertz CT molecular complexity index is 792. The van der Waals surface area contributed by atoms with Gasteiger partial charge in [-0.2, -0.15) is 0 Å². The van der Waals surface area contributed by atoms with E-state index in [9.17, 15) is 9.18 Å². The first kappa shape index (κ1) is 13.8. The quantitative estimate of drug-likeness (QED) is 0.777. The van der Waals surface area contributed by atoms with Crippen LogP contribution in [-0.4, -0.2) is 5.91 Å². The first-order valence-corrected chi connectivity index (χ1v) is 7.47. The van der Waals surface area contributed by atoms with E-state index in [0.717, 1.165) is 4.88 Å². The number of hydrogen-bond donors (Lipinski definition) is 1. The van der Waals surface area contributed by atoms with E-state index in [2.05, 4.69) is 5.32 Å². The molecule has 1 amide bonds. The Morgan fingerprint density at radius 1 is 1.33 bits per heavy atom. The number of halogens is 1. The minimum Gasteiger partial charge on any atom is -0.448 e. The molecular formula is C16H14FNO2S. The smallest absolute Gasteiger partial charge is 0.287 e. The third-order valence-electron chi connectivity index (χ3n) is 3.44. The van der Waals surface area contributed by atoms with Gasteiger partial charge < -0.3 is 9.73 Å². The van der Waals surface area contributed by atoms with Crippen molar-refractivity contribution in [3.05, 3.63) is 57.7 Å². The number of carbonyl (C=O) groups is 1. The van der Waals surface area contributed by atoms with Crippen LogP contribution in [0.1, 0.15) is 34.0 Å². The monoisotopic (exact) mass is 303 g/mol. The van der Waals surface area contributed by atoms with Gasteiger partial charge in [-0.1, -0.05) is 18.2 Å². The van der Waals surface area contributed by atoms with E-state index >= 15 is 0 Å². The number of fused-ring (bicyclic) bond motifs is 1. The molecule has 1 N–H and O–H groups in total. The standard InChI is InChI=1S/C16H14FNO2S/c1-9-11-5-3-6-12(17)15(11)20-14(9)16(19)18-10(2)13-7-4-8-21-13/h3-8,10H,1-2H3,(H,18,19)/t10-/m1/s1. The van der Waals surface area contributed by atoms with Crippen molar-refractivity contribution < 1.29 is 13.6 Å². The molecule has 108 valence electrons. The minimum absolute atomic E-state index is 0.116. The lowest BCUT2D eigenvalue weighted by Crippen LogP contribution is -2.26. The summed E-state index contributed by atoms with van der Waals surface area (Å²) in [4.78, 5) is 13.4. The van der Waals surface area contributed by atoms with Gasteiger partial charge in [0.2, 0.25) is 0 Å². The summed E-state index contributed by atoms with van der Waals surface area (Å²) in [5.74, 6) is -0.622. The van der Waals surface area contributed by atoms with Crippen LogP contribution in [-0.2, 0) is 0 Å². The Morgan fingerprint density at radius 3 is 2.81 bits per heavy atom. The highest BCUT2D eigenvalue weighted by atomic mass is 32.1. The van der Waals surface area contributed by atoms with Crippen molar-refractivity contribution in [2.75, 3.05) is 0 Å². The van der Waals surface area contributed by atoms with Crippen molar-refractivity contribution in [2.24, 2.45) is 0 Å². The van der Waals surface area contributed by atoms with E-state index < -0.39 is 5.82 Å². The number of para-hydroxylation sites is 1. The van der Waals surface area contributed by atoms with E-state index in [1.165, 1.54) is 6.07 Å². The Kier molecular flexibility index (Phi) is 3.51. The molecule has 3 aromatic rings. The third kappa shape index (κ3) is 2.45. The maximum Gasteiger partial charge on any atom is 0.287 e. The van der Waals surface area contributed by atoms with Gasteiger partial charge in [0.1, 0.15) is 0 Å². The number of nitrogens with one attached hydrogen (secondary N) is 1. The van der Waals surface area contributed by atoms with Crippen LogP contribution < -0.4 is 5.32 Å². The molecule has 0 saturated carbocycles. The fourth-order valence-electron chi connectivity index (χ4n) is 2.30. The van der Waals surface area contributed by atoms with E-state index in [1.807, 2.05) is 24.4 Å². The summed E-state index contributed by atoms with van der Waals surface area (Å²) >= 11 is 1.57. The Labute approximate surface area is 125 Å². The molecule has 3 nitrogen and oxygen atoms in total. The van der Waals surface area contributed by atoms with Crippen LogP contribution in [0.3, 0.4) is 0 Å². The molecule has 1 atom stereocenters. The average molecular weight is 303 g/mol. The zero-order valence-electron chi connectivity index (χ0n) is 11.6. The summed E-state index contributed by atoms with van der Waals surface area (Å²) in [6.07, 6.45) is 0. The highest BCUT2D eigenvalue weighted by Gasteiger charge is 2.21. The molecule has 0 spiro atoms. The number of hydrogen-bond acceptors (Lipinski definition) is 3. The van der Waals surface area contributed by atoms with Crippen molar-refractivity contribution in [1.29, 1.82) is 0 Å². The first-order chi connectivity index (χ1) is 10.1.